The first-order valence-electron chi connectivity index (χ1n) is 12.5. The van der Waals surface area contributed by atoms with Gasteiger partial charge < -0.3 is 20.0 Å². The predicted molar refractivity (Wildman–Crippen MR) is 139 cm³/mol. The Labute approximate surface area is 209 Å². The number of ether oxygens (including phenoxy) is 1. The van der Waals surface area contributed by atoms with Crippen LogP contribution in [0.5, 0.6) is 0 Å². The lowest BCUT2D eigenvalue weighted by Crippen LogP contribution is -2.50. The van der Waals surface area contributed by atoms with E-state index in [0.29, 0.717) is 30.0 Å². The van der Waals surface area contributed by atoms with Gasteiger partial charge in [-0.15, -0.1) is 0 Å². The van der Waals surface area contributed by atoms with Crippen molar-refractivity contribution in [2.24, 2.45) is 5.92 Å². The van der Waals surface area contributed by atoms with Crippen LogP contribution in [0.15, 0.2) is 24.4 Å². The average Bonchev–Trinajstić information content (AvgIpc) is 3.09. The van der Waals surface area contributed by atoms with Gasteiger partial charge in [0.05, 0.1) is 5.69 Å². The molecule has 0 aliphatic carbocycles. The maximum atomic E-state index is 15.2. The molecule has 1 saturated heterocycles. The molecule has 0 spiro atoms. The molecule has 194 valence electrons. The molecule has 1 fully saturated rings. The average molecular weight is 488 g/mol. The smallest absolute Gasteiger partial charge is 0.410 e. The van der Waals surface area contributed by atoms with E-state index >= 15 is 4.39 Å². The van der Waals surface area contributed by atoms with Crippen molar-refractivity contribution in [2.75, 3.05) is 11.9 Å². The lowest BCUT2D eigenvalue weighted by molar-refractivity contribution is 0.00710. The van der Waals surface area contributed by atoms with Crippen molar-refractivity contribution in [2.45, 2.75) is 98.0 Å². The van der Waals surface area contributed by atoms with Crippen LogP contribution in [0.2, 0.25) is 0 Å². The van der Waals surface area contributed by atoms with Gasteiger partial charge in [0.1, 0.15) is 17.6 Å². The maximum Gasteiger partial charge on any atom is 0.410 e. The van der Waals surface area contributed by atoms with E-state index in [1.165, 1.54) is 6.08 Å². The Bertz CT molecular complexity index is 979. The fourth-order valence-corrected chi connectivity index (χ4v) is 4.83. The van der Waals surface area contributed by atoms with Crippen molar-refractivity contribution in [3.63, 3.8) is 0 Å². The molecule has 1 aromatic rings. The van der Waals surface area contributed by atoms with E-state index in [1.54, 1.807) is 11.0 Å². The molecular formula is C27H42FN5O2. The Morgan fingerprint density at radius 2 is 2.03 bits per heavy atom. The van der Waals surface area contributed by atoms with Gasteiger partial charge in [-0.3, -0.25) is 0 Å². The minimum absolute atomic E-state index is 0.0195. The molecule has 0 aromatic carbocycles. The van der Waals surface area contributed by atoms with Crippen molar-refractivity contribution < 1.29 is 13.9 Å². The van der Waals surface area contributed by atoms with E-state index < -0.39 is 5.60 Å². The Morgan fingerprint density at radius 3 is 2.57 bits per heavy atom. The molecule has 8 heteroatoms. The second kappa shape index (κ2) is 10.2. The molecule has 35 heavy (non-hydrogen) atoms. The topological polar surface area (TPSA) is 69.7 Å². The summed E-state index contributed by atoms with van der Waals surface area (Å²) in [6, 6.07) is 1.72. The molecule has 2 aliphatic heterocycles. The highest BCUT2D eigenvalue weighted by molar-refractivity contribution is 5.68. The number of nitrogens with one attached hydrogen (secondary N) is 2. The van der Waals surface area contributed by atoms with Crippen molar-refractivity contribution in [1.82, 2.24) is 20.3 Å². The fourth-order valence-electron chi connectivity index (χ4n) is 4.83. The van der Waals surface area contributed by atoms with Crippen molar-refractivity contribution in [3.8, 4) is 0 Å². The summed E-state index contributed by atoms with van der Waals surface area (Å²) in [5.74, 6) is 0.504. The molecule has 7 nitrogen and oxygen atoms in total. The van der Waals surface area contributed by atoms with Crippen LogP contribution in [-0.2, 0) is 11.2 Å². The summed E-state index contributed by atoms with van der Waals surface area (Å²) in [6.07, 6.45) is 5.25. The Kier molecular flexibility index (Phi) is 7.84. The highest BCUT2D eigenvalue weighted by Gasteiger charge is 2.33. The number of amides is 1. The van der Waals surface area contributed by atoms with Gasteiger partial charge in [-0.1, -0.05) is 12.7 Å². The minimum Gasteiger partial charge on any atom is -0.444 e. The van der Waals surface area contributed by atoms with Crippen LogP contribution in [0.4, 0.5) is 15.0 Å². The van der Waals surface area contributed by atoms with Crippen LogP contribution in [0.25, 0.3) is 6.08 Å². The fraction of sp³-hybridized carbons (Fsp3) is 0.630. The van der Waals surface area contributed by atoms with Gasteiger partial charge in [0.2, 0.25) is 0 Å². The zero-order valence-electron chi connectivity index (χ0n) is 22.5. The number of carbonyl (C=O) groups is 1. The molecule has 0 bridgehead atoms. The molecule has 3 atom stereocenters. The SMILES string of the molecule is C=Cc1cc(NC2C=C(C)N(C(C)(C)C)N2)nc(CC2CCN(C(=O)OC(C)(C)C)[C@H](C)C2)c1F. The summed E-state index contributed by atoms with van der Waals surface area (Å²) in [4.78, 5) is 19.0. The first kappa shape index (κ1) is 27.0. The zero-order valence-corrected chi connectivity index (χ0v) is 22.5. The van der Waals surface area contributed by atoms with Crippen molar-refractivity contribution in [1.29, 1.82) is 0 Å². The number of piperidine rings is 1. The summed E-state index contributed by atoms with van der Waals surface area (Å²) in [6.45, 7) is 20.5. The third-order valence-corrected chi connectivity index (χ3v) is 6.37. The second-order valence-corrected chi connectivity index (χ2v) is 11.7. The van der Waals surface area contributed by atoms with E-state index in [-0.39, 0.29) is 35.6 Å². The Balaban J connectivity index is 1.70. The van der Waals surface area contributed by atoms with Crippen LogP contribution < -0.4 is 10.7 Å². The van der Waals surface area contributed by atoms with Gasteiger partial charge in [0, 0.05) is 29.4 Å². The first-order chi connectivity index (χ1) is 16.2. The third-order valence-electron chi connectivity index (χ3n) is 6.37. The van der Waals surface area contributed by atoms with Gasteiger partial charge in [-0.05, 0) is 92.7 Å². The number of allylic oxidation sites excluding steroid dienone is 1. The van der Waals surface area contributed by atoms with Crippen LogP contribution >= 0.6 is 0 Å². The number of likely N-dealkylation sites (tertiary alicyclic amines) is 1. The highest BCUT2D eigenvalue weighted by atomic mass is 19.1. The summed E-state index contributed by atoms with van der Waals surface area (Å²) < 4.78 is 20.8. The first-order valence-corrected chi connectivity index (χ1v) is 12.5. The molecule has 0 saturated carbocycles. The molecule has 3 rings (SSSR count). The van der Waals surface area contributed by atoms with Gasteiger partial charge in [0.25, 0.3) is 0 Å². The molecule has 1 aromatic heterocycles. The van der Waals surface area contributed by atoms with E-state index in [9.17, 15) is 4.79 Å². The number of hydrogen-bond acceptors (Lipinski definition) is 6. The number of pyridine rings is 1. The number of aromatic nitrogens is 1. The summed E-state index contributed by atoms with van der Waals surface area (Å²) in [5.41, 5.74) is 4.82. The van der Waals surface area contributed by atoms with Crippen molar-refractivity contribution >= 4 is 18.0 Å². The monoisotopic (exact) mass is 487 g/mol. The highest BCUT2D eigenvalue weighted by Crippen LogP contribution is 2.30. The lowest BCUT2D eigenvalue weighted by Gasteiger charge is -2.38. The van der Waals surface area contributed by atoms with Crippen LogP contribution in [0.3, 0.4) is 0 Å². The molecule has 0 radical (unpaired) electrons. The van der Waals surface area contributed by atoms with Gasteiger partial charge >= 0.3 is 6.09 Å². The molecule has 3 heterocycles. The van der Waals surface area contributed by atoms with Crippen molar-refractivity contribution in [3.05, 3.63) is 41.5 Å². The third kappa shape index (κ3) is 6.75. The molecule has 2 unspecified atom stereocenters. The number of hydrazine groups is 1. The lowest BCUT2D eigenvalue weighted by atomic mass is 9.87. The largest absolute Gasteiger partial charge is 0.444 e. The molecule has 2 N–H and O–H groups in total. The number of anilines is 1. The summed E-state index contributed by atoms with van der Waals surface area (Å²) >= 11 is 0. The normalized spacial score (nSPS) is 23.2. The van der Waals surface area contributed by atoms with E-state index in [4.69, 9.17) is 4.74 Å². The zero-order chi connectivity index (χ0) is 26.1. The number of hydrogen-bond donors (Lipinski definition) is 2. The standard InChI is InChI=1S/C27H42FN5O2/c1-10-20-16-22(30-23-14-18(3)33(31-23)26(4,5)6)29-21(24(20)28)15-19-11-12-32(17(2)13-19)25(34)35-27(7,8)9/h10,14,16-17,19,23,31H,1,11-13,15H2,2-9H3,(H,29,30)/t17-,19?,23?/m1/s1. The molecule has 1 amide bonds. The number of carbonyl (C=O) groups excluding carboxylic acids is 1. The number of rotatable bonds is 5. The second-order valence-electron chi connectivity index (χ2n) is 11.7. The van der Waals surface area contributed by atoms with E-state index in [2.05, 4.69) is 61.1 Å². The van der Waals surface area contributed by atoms with E-state index in [1.807, 2.05) is 27.7 Å². The molecular weight excluding hydrogens is 445 g/mol. The van der Waals surface area contributed by atoms with Crippen LogP contribution in [0.1, 0.15) is 79.5 Å². The predicted octanol–water partition coefficient (Wildman–Crippen LogP) is 5.70. The van der Waals surface area contributed by atoms with E-state index in [0.717, 1.165) is 18.5 Å². The summed E-state index contributed by atoms with van der Waals surface area (Å²) in [5, 5.41) is 5.50. The maximum absolute atomic E-state index is 15.2. The number of nitrogens with zero attached hydrogens (tertiary/aromatic N) is 3. The van der Waals surface area contributed by atoms with Crippen LogP contribution in [0, 0.1) is 11.7 Å². The Hall–Kier alpha value is -2.61. The number of halogens is 1. The van der Waals surface area contributed by atoms with Gasteiger partial charge in [-0.2, -0.15) is 0 Å². The van der Waals surface area contributed by atoms with Gasteiger partial charge in [0.15, 0.2) is 5.82 Å². The summed E-state index contributed by atoms with van der Waals surface area (Å²) in [7, 11) is 0. The minimum atomic E-state index is -0.527. The van der Waals surface area contributed by atoms with Crippen LogP contribution in [-0.4, -0.2) is 50.9 Å². The Morgan fingerprint density at radius 1 is 1.34 bits per heavy atom. The van der Waals surface area contributed by atoms with Gasteiger partial charge in [-0.25, -0.2) is 19.6 Å². The quantitative estimate of drug-likeness (QED) is 0.555. The molecule has 2 aliphatic rings.